The quantitative estimate of drug-likeness (QED) is 0.398. The summed E-state index contributed by atoms with van der Waals surface area (Å²) < 4.78 is 7.00. The first-order valence-electron chi connectivity index (χ1n) is 11.7. The van der Waals surface area contributed by atoms with E-state index >= 15 is 0 Å². The van der Waals surface area contributed by atoms with Crippen molar-refractivity contribution in [2.45, 2.75) is 44.3 Å². The molecule has 2 aromatic carbocycles. The molecule has 1 aliphatic carbocycles. The Labute approximate surface area is 207 Å². The molecule has 1 aliphatic rings. The van der Waals surface area contributed by atoms with Crippen molar-refractivity contribution in [1.82, 2.24) is 20.3 Å². The molecule has 180 valence electrons. The number of carbonyl (C=O) groups is 2. The second kappa shape index (κ2) is 10.3. The Balaban J connectivity index is 1.55. The lowest BCUT2D eigenvalue weighted by atomic mass is 10.1. The molecule has 2 amide bonds. The Morgan fingerprint density at radius 1 is 1.14 bits per heavy atom. The highest BCUT2D eigenvalue weighted by Crippen LogP contribution is 2.33. The molecule has 1 fully saturated rings. The van der Waals surface area contributed by atoms with Crippen LogP contribution in [0.3, 0.4) is 0 Å². The maximum atomic E-state index is 14.0. The summed E-state index contributed by atoms with van der Waals surface area (Å²) >= 11 is 1.46. The monoisotopic (exact) mass is 489 g/mol. The molecule has 5 rings (SSSR count). The molecular formula is C26H27N5O3S. The molecule has 1 saturated carbocycles. The molecule has 1 N–H and O–H groups in total. The molecule has 1 unspecified atom stereocenters. The minimum Gasteiger partial charge on any atom is -0.497 e. The summed E-state index contributed by atoms with van der Waals surface area (Å²) in [4.78, 5) is 30.0. The first kappa shape index (κ1) is 23.0. The Hall–Kier alpha value is -3.72. The third kappa shape index (κ3) is 4.90. The van der Waals surface area contributed by atoms with Gasteiger partial charge in [-0.2, -0.15) is 0 Å². The van der Waals surface area contributed by atoms with Crippen LogP contribution in [0, 0.1) is 0 Å². The number of nitrogens with zero attached hydrogens (tertiary/aromatic N) is 4. The van der Waals surface area contributed by atoms with Gasteiger partial charge in [0.15, 0.2) is 0 Å². The number of para-hydroxylation sites is 1. The molecule has 0 radical (unpaired) electrons. The summed E-state index contributed by atoms with van der Waals surface area (Å²) in [6.45, 7) is -0.0592. The molecule has 0 spiro atoms. The lowest BCUT2D eigenvalue weighted by Gasteiger charge is -2.31. The van der Waals surface area contributed by atoms with E-state index < -0.39 is 6.04 Å². The van der Waals surface area contributed by atoms with Crippen molar-refractivity contribution in [3.05, 3.63) is 70.9 Å². The van der Waals surface area contributed by atoms with Crippen LogP contribution < -0.4 is 15.0 Å². The van der Waals surface area contributed by atoms with E-state index in [0.717, 1.165) is 36.1 Å². The van der Waals surface area contributed by atoms with Crippen LogP contribution in [0.5, 0.6) is 5.75 Å². The largest absolute Gasteiger partial charge is 0.497 e. The number of ether oxygens (including phenoxy) is 1. The van der Waals surface area contributed by atoms with Crippen LogP contribution in [0.4, 0.5) is 5.69 Å². The van der Waals surface area contributed by atoms with Crippen LogP contribution in [0.1, 0.15) is 36.6 Å². The molecule has 0 bridgehead atoms. The second-order valence-electron chi connectivity index (χ2n) is 8.61. The maximum absolute atomic E-state index is 14.0. The minimum absolute atomic E-state index is 0.0592. The van der Waals surface area contributed by atoms with Crippen LogP contribution in [0.25, 0.3) is 11.0 Å². The van der Waals surface area contributed by atoms with Crippen LogP contribution >= 0.6 is 11.3 Å². The number of benzene rings is 2. The highest BCUT2D eigenvalue weighted by Gasteiger charge is 2.35. The van der Waals surface area contributed by atoms with E-state index in [0.29, 0.717) is 17.0 Å². The lowest BCUT2D eigenvalue weighted by molar-refractivity contribution is -0.127. The second-order valence-corrected chi connectivity index (χ2v) is 9.59. The average molecular weight is 490 g/mol. The topological polar surface area (TPSA) is 89.3 Å². The van der Waals surface area contributed by atoms with Crippen LogP contribution in [-0.2, 0) is 16.1 Å². The number of rotatable bonds is 8. The minimum atomic E-state index is -0.815. The first-order valence-corrected chi connectivity index (χ1v) is 12.6. The van der Waals surface area contributed by atoms with Crippen molar-refractivity contribution in [1.29, 1.82) is 0 Å². The zero-order valence-electron chi connectivity index (χ0n) is 19.5. The Morgan fingerprint density at radius 3 is 2.74 bits per heavy atom. The molecule has 0 aliphatic heterocycles. The molecule has 2 heterocycles. The molecular weight excluding hydrogens is 462 g/mol. The lowest BCUT2D eigenvalue weighted by Crippen LogP contribution is -2.47. The van der Waals surface area contributed by atoms with Gasteiger partial charge in [0, 0.05) is 22.7 Å². The third-order valence-corrected chi connectivity index (χ3v) is 7.25. The van der Waals surface area contributed by atoms with Crippen LogP contribution in [-0.4, -0.2) is 40.0 Å². The van der Waals surface area contributed by atoms with Gasteiger partial charge >= 0.3 is 0 Å². The normalized spacial score (nSPS) is 14.7. The van der Waals surface area contributed by atoms with E-state index in [1.54, 1.807) is 22.8 Å². The zero-order valence-corrected chi connectivity index (χ0v) is 20.3. The average Bonchev–Trinajstić information content (AvgIpc) is 3.65. The summed E-state index contributed by atoms with van der Waals surface area (Å²) in [5.41, 5.74) is 2.05. The Kier molecular flexibility index (Phi) is 6.76. The first-order chi connectivity index (χ1) is 17.1. The summed E-state index contributed by atoms with van der Waals surface area (Å²) in [6.07, 6.45) is 4.13. The molecule has 35 heavy (non-hydrogen) atoms. The summed E-state index contributed by atoms with van der Waals surface area (Å²) in [5, 5.41) is 13.5. The number of methoxy groups -OCH3 is 1. The van der Waals surface area contributed by atoms with Gasteiger partial charge in [0.25, 0.3) is 0 Å². The molecule has 1 atom stereocenters. The van der Waals surface area contributed by atoms with Gasteiger partial charge in [-0.1, -0.05) is 42.3 Å². The number of fused-ring (bicyclic) bond motifs is 1. The van der Waals surface area contributed by atoms with E-state index in [4.69, 9.17) is 4.74 Å². The van der Waals surface area contributed by atoms with Gasteiger partial charge in [0.05, 0.1) is 12.6 Å². The van der Waals surface area contributed by atoms with E-state index in [9.17, 15) is 9.59 Å². The molecule has 2 aromatic heterocycles. The van der Waals surface area contributed by atoms with Gasteiger partial charge in [-0.3, -0.25) is 14.5 Å². The van der Waals surface area contributed by atoms with Crippen molar-refractivity contribution >= 4 is 39.9 Å². The summed E-state index contributed by atoms with van der Waals surface area (Å²) in [6, 6.07) is 17.8. The number of nitrogens with one attached hydrogen (secondary N) is 1. The maximum Gasteiger partial charge on any atom is 0.249 e. The fourth-order valence-electron chi connectivity index (χ4n) is 4.61. The van der Waals surface area contributed by atoms with E-state index in [1.165, 1.54) is 11.3 Å². The number of hydrogen-bond donors (Lipinski definition) is 1. The van der Waals surface area contributed by atoms with Crippen LogP contribution in [0.15, 0.2) is 66.0 Å². The molecule has 8 nitrogen and oxygen atoms in total. The van der Waals surface area contributed by atoms with E-state index in [1.807, 2.05) is 60.0 Å². The van der Waals surface area contributed by atoms with Gasteiger partial charge in [0.1, 0.15) is 23.9 Å². The van der Waals surface area contributed by atoms with Gasteiger partial charge in [-0.15, -0.1) is 16.4 Å². The smallest absolute Gasteiger partial charge is 0.249 e. The standard InChI is InChI=1S/C26H27N5O3S/c1-34-20-11-6-10-19(16-20)31(24(32)17-30-22-13-5-4-12-21(22)28-29-30)25(23-14-7-15-35-23)26(33)27-18-8-2-3-9-18/h4-7,10-16,18,25H,2-3,8-9,17H2,1H3,(H,27,33). The Bertz CT molecular complexity index is 1310. The number of amides is 2. The van der Waals surface area contributed by atoms with Crippen molar-refractivity contribution in [2.75, 3.05) is 12.0 Å². The van der Waals surface area contributed by atoms with Gasteiger partial charge in [-0.25, -0.2) is 4.68 Å². The fraction of sp³-hybridized carbons (Fsp3) is 0.308. The van der Waals surface area contributed by atoms with Crippen molar-refractivity contribution in [3.63, 3.8) is 0 Å². The zero-order chi connectivity index (χ0) is 24.2. The van der Waals surface area contributed by atoms with Gasteiger partial charge < -0.3 is 10.1 Å². The number of hydrogen-bond acceptors (Lipinski definition) is 6. The van der Waals surface area contributed by atoms with Gasteiger partial charge in [-0.05, 0) is 48.6 Å². The predicted octanol–water partition coefficient (Wildman–Crippen LogP) is 4.33. The number of anilines is 1. The van der Waals surface area contributed by atoms with Gasteiger partial charge in [0.2, 0.25) is 11.8 Å². The SMILES string of the molecule is COc1cccc(N(C(=O)Cn2nnc3ccccc32)C(C(=O)NC2CCCC2)c2cccs2)c1. The molecule has 4 aromatic rings. The van der Waals surface area contributed by atoms with E-state index in [-0.39, 0.29) is 24.4 Å². The fourth-order valence-corrected chi connectivity index (χ4v) is 5.42. The summed E-state index contributed by atoms with van der Waals surface area (Å²) in [5.74, 6) is 0.153. The molecule has 0 saturated heterocycles. The van der Waals surface area contributed by atoms with Crippen molar-refractivity contribution in [3.8, 4) is 5.75 Å². The van der Waals surface area contributed by atoms with E-state index in [2.05, 4.69) is 15.6 Å². The number of aromatic nitrogens is 3. The van der Waals surface area contributed by atoms with Crippen molar-refractivity contribution in [2.24, 2.45) is 0 Å². The summed E-state index contributed by atoms with van der Waals surface area (Å²) in [7, 11) is 1.58. The number of carbonyl (C=O) groups excluding carboxylic acids is 2. The highest BCUT2D eigenvalue weighted by atomic mass is 32.1. The molecule has 9 heteroatoms. The predicted molar refractivity (Wildman–Crippen MR) is 135 cm³/mol. The highest BCUT2D eigenvalue weighted by molar-refractivity contribution is 7.10. The number of thiophene rings is 1. The Morgan fingerprint density at radius 2 is 1.97 bits per heavy atom. The van der Waals surface area contributed by atoms with Crippen LogP contribution in [0.2, 0.25) is 0 Å². The van der Waals surface area contributed by atoms with Crippen molar-refractivity contribution < 1.29 is 14.3 Å². The third-order valence-electron chi connectivity index (χ3n) is 6.33.